The number of nitrogens with zero attached hydrogens (tertiary/aromatic N) is 1. The second kappa shape index (κ2) is 5.84. The molecule has 0 aliphatic carbocycles. The van der Waals surface area contributed by atoms with Crippen molar-refractivity contribution in [1.29, 1.82) is 0 Å². The zero-order chi connectivity index (χ0) is 13.8. The minimum absolute atomic E-state index is 0.645. The van der Waals surface area contributed by atoms with Crippen molar-refractivity contribution >= 4 is 21.9 Å². The number of halogens is 1. The van der Waals surface area contributed by atoms with E-state index >= 15 is 0 Å². The van der Waals surface area contributed by atoms with Gasteiger partial charge in [-0.05, 0) is 45.3 Å². The van der Waals surface area contributed by atoms with E-state index in [1.54, 1.807) is 49.8 Å². The summed E-state index contributed by atoms with van der Waals surface area (Å²) in [5.74, 6) is -0.986. The number of carboxylic acid groups (broad SMARTS) is 1. The molecule has 0 bridgehead atoms. The zero-order valence-electron chi connectivity index (χ0n) is 10.2. The van der Waals surface area contributed by atoms with Crippen molar-refractivity contribution in [2.75, 3.05) is 7.11 Å². The normalized spacial score (nSPS) is 11.9. The van der Waals surface area contributed by atoms with Crippen molar-refractivity contribution in [3.63, 3.8) is 0 Å². The molecule has 0 spiro atoms. The number of ether oxygens (including phenoxy) is 1. The third-order valence-corrected chi connectivity index (χ3v) is 3.39. The SMILES string of the molecule is COc1ccc(C(C(=O)O)c2cccnc2)cc1Br. The van der Waals surface area contributed by atoms with Crippen LogP contribution in [0, 0.1) is 0 Å². The molecule has 1 N–H and O–H groups in total. The van der Waals surface area contributed by atoms with Gasteiger partial charge in [0.05, 0.1) is 11.6 Å². The Morgan fingerprint density at radius 2 is 2.16 bits per heavy atom. The predicted molar refractivity (Wildman–Crippen MR) is 74.4 cm³/mol. The summed E-state index contributed by atoms with van der Waals surface area (Å²) in [5, 5.41) is 9.42. The number of aromatic nitrogens is 1. The fourth-order valence-corrected chi connectivity index (χ4v) is 2.44. The molecule has 0 amide bonds. The molecule has 4 nitrogen and oxygen atoms in total. The third kappa shape index (κ3) is 2.93. The van der Waals surface area contributed by atoms with Gasteiger partial charge in [-0.2, -0.15) is 0 Å². The number of rotatable bonds is 4. The van der Waals surface area contributed by atoms with Gasteiger partial charge in [0.15, 0.2) is 0 Å². The van der Waals surface area contributed by atoms with Crippen LogP contribution >= 0.6 is 15.9 Å². The number of benzene rings is 1. The zero-order valence-corrected chi connectivity index (χ0v) is 11.8. The lowest BCUT2D eigenvalue weighted by molar-refractivity contribution is -0.137. The Morgan fingerprint density at radius 3 is 2.68 bits per heavy atom. The van der Waals surface area contributed by atoms with E-state index < -0.39 is 11.9 Å². The molecule has 0 aliphatic rings. The number of aliphatic carboxylic acids is 1. The number of hydrogen-bond donors (Lipinski definition) is 1. The molecule has 98 valence electrons. The predicted octanol–water partition coefficient (Wildman–Crippen LogP) is 3.07. The summed E-state index contributed by atoms with van der Waals surface area (Å²) in [5.41, 5.74) is 1.32. The van der Waals surface area contributed by atoms with Crippen molar-refractivity contribution in [3.8, 4) is 5.75 Å². The minimum Gasteiger partial charge on any atom is -0.496 e. The minimum atomic E-state index is -0.912. The molecule has 0 aliphatic heterocycles. The highest BCUT2D eigenvalue weighted by Crippen LogP contribution is 2.31. The van der Waals surface area contributed by atoms with Gasteiger partial charge in [0.1, 0.15) is 11.7 Å². The van der Waals surface area contributed by atoms with Crippen LogP contribution < -0.4 is 4.74 Å². The van der Waals surface area contributed by atoms with E-state index in [-0.39, 0.29) is 0 Å². The van der Waals surface area contributed by atoms with Crippen LogP contribution in [-0.2, 0) is 4.79 Å². The van der Waals surface area contributed by atoms with E-state index in [1.807, 2.05) is 0 Å². The van der Waals surface area contributed by atoms with Crippen LogP contribution in [0.4, 0.5) is 0 Å². The number of methoxy groups -OCH3 is 1. The summed E-state index contributed by atoms with van der Waals surface area (Å²) >= 11 is 3.36. The summed E-state index contributed by atoms with van der Waals surface area (Å²) in [7, 11) is 1.57. The maximum Gasteiger partial charge on any atom is 0.315 e. The molecule has 1 unspecified atom stereocenters. The fourth-order valence-electron chi connectivity index (χ4n) is 1.89. The molecule has 2 aromatic rings. The molecule has 0 saturated carbocycles. The van der Waals surface area contributed by atoms with E-state index in [2.05, 4.69) is 20.9 Å². The Labute approximate surface area is 119 Å². The van der Waals surface area contributed by atoms with E-state index in [1.165, 1.54) is 0 Å². The molecule has 19 heavy (non-hydrogen) atoms. The molecule has 1 aromatic heterocycles. The largest absolute Gasteiger partial charge is 0.496 e. The van der Waals surface area contributed by atoms with Crippen LogP contribution in [0.5, 0.6) is 5.75 Å². The Hall–Kier alpha value is -1.88. The summed E-state index contributed by atoms with van der Waals surface area (Å²) in [4.78, 5) is 15.5. The maximum absolute atomic E-state index is 11.5. The van der Waals surface area contributed by atoms with Crippen molar-refractivity contribution in [2.45, 2.75) is 5.92 Å². The van der Waals surface area contributed by atoms with Crippen LogP contribution in [0.2, 0.25) is 0 Å². The van der Waals surface area contributed by atoms with Crippen LogP contribution in [-0.4, -0.2) is 23.2 Å². The molecule has 1 atom stereocenters. The first-order valence-electron chi connectivity index (χ1n) is 5.59. The smallest absolute Gasteiger partial charge is 0.315 e. The van der Waals surface area contributed by atoms with Crippen molar-refractivity contribution in [2.24, 2.45) is 0 Å². The van der Waals surface area contributed by atoms with E-state index in [0.717, 1.165) is 4.47 Å². The monoisotopic (exact) mass is 321 g/mol. The fraction of sp³-hybridized carbons (Fsp3) is 0.143. The van der Waals surface area contributed by atoms with Gasteiger partial charge >= 0.3 is 5.97 Å². The van der Waals surface area contributed by atoms with Gasteiger partial charge in [-0.3, -0.25) is 9.78 Å². The van der Waals surface area contributed by atoms with Crippen LogP contribution in [0.3, 0.4) is 0 Å². The number of pyridine rings is 1. The number of hydrogen-bond acceptors (Lipinski definition) is 3. The summed E-state index contributed by atoms with van der Waals surface area (Å²) in [6.45, 7) is 0. The van der Waals surface area contributed by atoms with Gasteiger partial charge < -0.3 is 9.84 Å². The van der Waals surface area contributed by atoms with E-state index in [9.17, 15) is 9.90 Å². The lowest BCUT2D eigenvalue weighted by Crippen LogP contribution is -2.13. The van der Waals surface area contributed by atoms with E-state index in [4.69, 9.17) is 4.74 Å². The molecule has 1 heterocycles. The number of carboxylic acids is 1. The molecule has 0 radical (unpaired) electrons. The lowest BCUT2D eigenvalue weighted by atomic mass is 9.92. The Bertz CT molecular complexity index is 586. The summed E-state index contributed by atoms with van der Waals surface area (Å²) in [6.07, 6.45) is 3.18. The Balaban J connectivity index is 2.46. The molecule has 0 fully saturated rings. The highest BCUT2D eigenvalue weighted by Gasteiger charge is 2.23. The van der Waals surface area contributed by atoms with Crippen molar-refractivity contribution in [1.82, 2.24) is 4.98 Å². The van der Waals surface area contributed by atoms with Crippen molar-refractivity contribution in [3.05, 3.63) is 58.3 Å². The van der Waals surface area contributed by atoms with Gasteiger partial charge in [-0.25, -0.2) is 0 Å². The third-order valence-electron chi connectivity index (χ3n) is 2.77. The van der Waals surface area contributed by atoms with Crippen molar-refractivity contribution < 1.29 is 14.6 Å². The lowest BCUT2D eigenvalue weighted by Gasteiger charge is -2.14. The maximum atomic E-state index is 11.5. The first kappa shape index (κ1) is 13.5. The van der Waals surface area contributed by atoms with Crippen LogP contribution in [0.15, 0.2) is 47.2 Å². The summed E-state index contributed by atoms with van der Waals surface area (Å²) < 4.78 is 5.86. The van der Waals surface area contributed by atoms with Gasteiger partial charge in [-0.15, -0.1) is 0 Å². The van der Waals surface area contributed by atoms with Gasteiger partial charge in [0, 0.05) is 12.4 Å². The van der Waals surface area contributed by atoms with Gasteiger partial charge in [-0.1, -0.05) is 12.1 Å². The highest BCUT2D eigenvalue weighted by atomic mass is 79.9. The number of carbonyl (C=O) groups is 1. The average molecular weight is 322 g/mol. The molecule has 0 saturated heterocycles. The quantitative estimate of drug-likeness (QED) is 0.940. The summed E-state index contributed by atoms with van der Waals surface area (Å²) in [6, 6.07) is 8.72. The first-order valence-corrected chi connectivity index (χ1v) is 6.39. The van der Waals surface area contributed by atoms with Crippen LogP contribution in [0.25, 0.3) is 0 Å². The van der Waals surface area contributed by atoms with Gasteiger partial charge in [0.2, 0.25) is 0 Å². The molecule has 5 heteroatoms. The Morgan fingerprint density at radius 1 is 1.37 bits per heavy atom. The molecular formula is C14H12BrNO3. The van der Waals surface area contributed by atoms with Crippen LogP contribution in [0.1, 0.15) is 17.0 Å². The highest BCUT2D eigenvalue weighted by molar-refractivity contribution is 9.10. The topological polar surface area (TPSA) is 59.4 Å². The van der Waals surface area contributed by atoms with Gasteiger partial charge in [0.25, 0.3) is 0 Å². The second-order valence-corrected chi connectivity index (χ2v) is 4.81. The molecule has 2 rings (SSSR count). The average Bonchev–Trinajstić information content (AvgIpc) is 2.40. The second-order valence-electron chi connectivity index (χ2n) is 3.95. The standard InChI is InChI=1S/C14H12BrNO3/c1-19-12-5-4-9(7-11(12)15)13(14(17)18)10-3-2-6-16-8-10/h2-8,13H,1H3,(H,17,18). The molecule has 1 aromatic carbocycles. The molecular weight excluding hydrogens is 310 g/mol. The Kier molecular flexibility index (Phi) is 4.16. The van der Waals surface area contributed by atoms with E-state index in [0.29, 0.717) is 16.9 Å². The first-order chi connectivity index (χ1) is 9.13.